The highest BCUT2D eigenvalue weighted by atomic mass is 32.2. The Balaban J connectivity index is 1.99. The third-order valence-electron chi connectivity index (χ3n) is 4.02. The molecule has 30 heavy (non-hydrogen) atoms. The van der Waals surface area contributed by atoms with E-state index < -0.39 is 28.3 Å². The molecule has 0 radical (unpaired) electrons. The highest BCUT2D eigenvalue weighted by Crippen LogP contribution is 2.23. The molecule has 0 aliphatic rings. The van der Waals surface area contributed by atoms with Gasteiger partial charge in [-0.1, -0.05) is 12.1 Å². The molecule has 1 amide bonds. The predicted molar refractivity (Wildman–Crippen MR) is 102 cm³/mol. The SMILES string of the molecule is COc1ccc(S(=O)(=O)N[C@@H](C)C(=O)N(C)Cc2ccc(OC(F)(F)F)cc2)cc1. The summed E-state index contributed by atoms with van der Waals surface area (Å²) in [5, 5.41) is 0. The molecule has 2 aromatic rings. The maximum Gasteiger partial charge on any atom is 0.573 e. The van der Waals surface area contributed by atoms with Gasteiger partial charge < -0.3 is 14.4 Å². The minimum absolute atomic E-state index is 0.0224. The predicted octanol–water partition coefficient (Wildman–Crippen LogP) is 2.92. The first-order valence-electron chi connectivity index (χ1n) is 8.67. The molecule has 2 rings (SSSR count). The lowest BCUT2D eigenvalue weighted by Gasteiger charge is -2.22. The second-order valence-corrected chi connectivity index (χ2v) is 8.12. The molecule has 1 N–H and O–H groups in total. The Morgan fingerprint density at radius 2 is 1.60 bits per heavy atom. The number of benzene rings is 2. The van der Waals surface area contributed by atoms with Crippen LogP contribution in [0.25, 0.3) is 0 Å². The summed E-state index contributed by atoms with van der Waals surface area (Å²) in [5.74, 6) is -0.395. The highest BCUT2D eigenvalue weighted by molar-refractivity contribution is 7.89. The van der Waals surface area contributed by atoms with Gasteiger partial charge in [0.2, 0.25) is 15.9 Å². The maximum atomic E-state index is 12.5. The molecule has 0 saturated carbocycles. The van der Waals surface area contributed by atoms with E-state index in [2.05, 4.69) is 9.46 Å². The standard InChI is InChI=1S/C19H21F3N2O5S/c1-13(23-30(26,27)17-10-8-15(28-3)9-11-17)18(25)24(2)12-14-4-6-16(7-5-14)29-19(20,21)22/h4-11,13,23H,12H2,1-3H3/t13-/m0/s1. The molecule has 0 bridgehead atoms. The van der Waals surface area contributed by atoms with E-state index >= 15 is 0 Å². The van der Waals surface area contributed by atoms with E-state index in [9.17, 15) is 26.4 Å². The number of carbonyl (C=O) groups is 1. The van der Waals surface area contributed by atoms with Gasteiger partial charge in [-0.25, -0.2) is 8.42 Å². The molecule has 0 aromatic heterocycles. The molecule has 11 heteroatoms. The van der Waals surface area contributed by atoms with Crippen molar-refractivity contribution in [1.82, 2.24) is 9.62 Å². The second-order valence-electron chi connectivity index (χ2n) is 6.40. The molecule has 0 heterocycles. The first kappa shape index (κ1) is 23.5. The summed E-state index contributed by atoms with van der Waals surface area (Å²) in [6, 6.07) is 9.66. The monoisotopic (exact) mass is 446 g/mol. The number of ether oxygens (including phenoxy) is 2. The van der Waals surface area contributed by atoms with Gasteiger partial charge in [0.1, 0.15) is 11.5 Å². The maximum absolute atomic E-state index is 12.5. The molecule has 0 spiro atoms. The van der Waals surface area contributed by atoms with Crippen LogP contribution in [0.4, 0.5) is 13.2 Å². The van der Waals surface area contributed by atoms with Crippen LogP contribution < -0.4 is 14.2 Å². The molecule has 0 fully saturated rings. The van der Waals surface area contributed by atoms with E-state index in [1.807, 2.05) is 0 Å². The summed E-state index contributed by atoms with van der Waals surface area (Å²) < 4.78 is 72.6. The number of alkyl halides is 3. The summed E-state index contributed by atoms with van der Waals surface area (Å²) in [6.07, 6.45) is -4.79. The number of halogens is 3. The largest absolute Gasteiger partial charge is 0.573 e. The Morgan fingerprint density at radius 1 is 1.07 bits per heavy atom. The lowest BCUT2D eigenvalue weighted by molar-refractivity contribution is -0.274. The zero-order valence-electron chi connectivity index (χ0n) is 16.4. The Hall–Kier alpha value is -2.79. The summed E-state index contributed by atoms with van der Waals surface area (Å²) in [5.41, 5.74) is 0.547. The van der Waals surface area contributed by atoms with Crippen LogP contribution in [0, 0.1) is 0 Å². The van der Waals surface area contributed by atoms with Gasteiger partial charge in [-0.2, -0.15) is 4.72 Å². The normalized spacial score (nSPS) is 12.9. The molecule has 0 unspecified atom stereocenters. The molecular formula is C19H21F3N2O5S. The minimum atomic E-state index is -4.79. The van der Waals surface area contributed by atoms with Crippen LogP contribution in [0.1, 0.15) is 12.5 Å². The van der Waals surface area contributed by atoms with E-state index in [0.717, 1.165) is 12.1 Å². The number of methoxy groups -OCH3 is 1. The van der Waals surface area contributed by atoms with Crippen LogP contribution >= 0.6 is 0 Å². The first-order valence-corrected chi connectivity index (χ1v) is 10.2. The van der Waals surface area contributed by atoms with Crippen LogP contribution in [0.15, 0.2) is 53.4 Å². The van der Waals surface area contributed by atoms with Crippen LogP contribution in [-0.2, 0) is 21.4 Å². The quantitative estimate of drug-likeness (QED) is 0.674. The molecule has 0 aliphatic heterocycles. The van der Waals surface area contributed by atoms with Gasteiger partial charge in [0.25, 0.3) is 0 Å². The molecule has 1 atom stereocenters. The van der Waals surface area contributed by atoms with Gasteiger partial charge in [-0.05, 0) is 48.9 Å². The molecular weight excluding hydrogens is 425 g/mol. The van der Waals surface area contributed by atoms with Gasteiger partial charge in [0.15, 0.2) is 0 Å². The Morgan fingerprint density at radius 3 is 2.10 bits per heavy atom. The van der Waals surface area contributed by atoms with Crippen LogP contribution in [0.3, 0.4) is 0 Å². The van der Waals surface area contributed by atoms with Crippen molar-refractivity contribution >= 4 is 15.9 Å². The topological polar surface area (TPSA) is 84.9 Å². The number of rotatable bonds is 8. The highest BCUT2D eigenvalue weighted by Gasteiger charge is 2.31. The van der Waals surface area contributed by atoms with Crippen molar-refractivity contribution in [3.8, 4) is 11.5 Å². The van der Waals surface area contributed by atoms with E-state index in [4.69, 9.17) is 4.74 Å². The molecule has 7 nitrogen and oxygen atoms in total. The number of hydrogen-bond donors (Lipinski definition) is 1. The van der Waals surface area contributed by atoms with E-state index in [1.54, 1.807) is 0 Å². The molecule has 0 saturated heterocycles. The van der Waals surface area contributed by atoms with Crippen molar-refractivity contribution < 1.29 is 35.9 Å². The van der Waals surface area contributed by atoms with Crippen molar-refractivity contribution in [3.63, 3.8) is 0 Å². The number of carbonyl (C=O) groups excluding carboxylic acids is 1. The minimum Gasteiger partial charge on any atom is -0.497 e. The van der Waals surface area contributed by atoms with E-state index in [0.29, 0.717) is 11.3 Å². The van der Waals surface area contributed by atoms with Crippen molar-refractivity contribution in [3.05, 3.63) is 54.1 Å². The summed E-state index contributed by atoms with van der Waals surface area (Å²) in [4.78, 5) is 13.8. The van der Waals surface area contributed by atoms with Gasteiger partial charge in [-0.3, -0.25) is 4.79 Å². The number of amides is 1. The lowest BCUT2D eigenvalue weighted by atomic mass is 10.2. The zero-order chi connectivity index (χ0) is 22.5. The third kappa shape index (κ3) is 6.63. The average molecular weight is 446 g/mol. The fourth-order valence-corrected chi connectivity index (χ4v) is 3.78. The summed E-state index contributed by atoms with van der Waals surface area (Å²) in [7, 11) is -1.02. The van der Waals surface area contributed by atoms with E-state index in [1.165, 1.54) is 62.4 Å². The Bertz CT molecular complexity index is 961. The third-order valence-corrected chi connectivity index (χ3v) is 5.58. The second kappa shape index (κ2) is 9.35. The lowest BCUT2D eigenvalue weighted by Crippen LogP contribution is -2.45. The summed E-state index contributed by atoms with van der Waals surface area (Å²) >= 11 is 0. The van der Waals surface area contributed by atoms with Gasteiger partial charge in [0.05, 0.1) is 18.0 Å². The fourth-order valence-electron chi connectivity index (χ4n) is 2.58. The summed E-state index contributed by atoms with van der Waals surface area (Å²) in [6.45, 7) is 1.47. The molecule has 2 aromatic carbocycles. The number of hydrogen-bond acceptors (Lipinski definition) is 5. The zero-order valence-corrected chi connectivity index (χ0v) is 17.3. The van der Waals surface area contributed by atoms with Gasteiger partial charge in [0, 0.05) is 13.6 Å². The van der Waals surface area contributed by atoms with Crippen molar-refractivity contribution in [2.24, 2.45) is 0 Å². The smallest absolute Gasteiger partial charge is 0.497 e. The van der Waals surface area contributed by atoms with Crippen LogP contribution in [0.5, 0.6) is 11.5 Å². The average Bonchev–Trinajstić information content (AvgIpc) is 2.67. The van der Waals surface area contributed by atoms with Crippen LogP contribution in [0.2, 0.25) is 0 Å². The number of sulfonamides is 1. The van der Waals surface area contributed by atoms with Crippen molar-refractivity contribution in [1.29, 1.82) is 0 Å². The fraction of sp³-hybridized carbons (Fsp3) is 0.316. The number of nitrogens with one attached hydrogen (secondary N) is 1. The van der Waals surface area contributed by atoms with Crippen molar-refractivity contribution in [2.75, 3.05) is 14.2 Å². The van der Waals surface area contributed by atoms with Crippen molar-refractivity contribution in [2.45, 2.75) is 30.8 Å². The number of nitrogens with zero attached hydrogens (tertiary/aromatic N) is 1. The Labute approximate surface area is 172 Å². The van der Waals surface area contributed by atoms with Gasteiger partial charge in [-0.15, -0.1) is 13.2 Å². The molecule has 0 aliphatic carbocycles. The van der Waals surface area contributed by atoms with E-state index in [-0.39, 0.29) is 17.2 Å². The molecule has 164 valence electrons. The number of likely N-dealkylation sites (N-methyl/N-ethyl adjacent to an activating group) is 1. The first-order chi connectivity index (χ1) is 13.9. The Kier molecular flexibility index (Phi) is 7.32. The van der Waals surface area contributed by atoms with Crippen LogP contribution in [-0.4, -0.2) is 45.8 Å². The van der Waals surface area contributed by atoms with Gasteiger partial charge >= 0.3 is 6.36 Å².